The molecule has 176 valence electrons. The molecule has 4 rings (SSSR count). The number of ether oxygens (including phenoxy) is 1. The van der Waals surface area contributed by atoms with E-state index in [1.54, 1.807) is 0 Å². The standard InChI is InChI=1S/C27H35N3O3/c1-20(2)29(3)27-25(26(28-33-27)22-12-8-5-9-13-22)17-30(23-14-15-23)16-24(31)19-32-18-21-10-6-4-7-11-21/h4-13,20,23-24,31H,14-19H2,1-3H3. The summed E-state index contributed by atoms with van der Waals surface area (Å²) in [6.07, 6.45) is 1.75. The van der Waals surface area contributed by atoms with E-state index in [0.717, 1.165) is 41.1 Å². The van der Waals surface area contributed by atoms with Crippen molar-refractivity contribution in [2.24, 2.45) is 0 Å². The first kappa shape index (κ1) is 23.5. The SMILES string of the molecule is CC(C)N(C)c1onc(-c2ccccc2)c1CN(CC(O)COCc1ccccc1)C1CC1. The van der Waals surface area contributed by atoms with E-state index in [0.29, 0.717) is 32.3 Å². The minimum Gasteiger partial charge on any atom is -0.389 e. The maximum absolute atomic E-state index is 10.7. The lowest BCUT2D eigenvalue weighted by Crippen LogP contribution is -2.36. The summed E-state index contributed by atoms with van der Waals surface area (Å²) in [7, 11) is 2.04. The Morgan fingerprint density at radius 1 is 1.06 bits per heavy atom. The van der Waals surface area contributed by atoms with Crippen LogP contribution >= 0.6 is 0 Å². The van der Waals surface area contributed by atoms with Crippen LogP contribution in [0.3, 0.4) is 0 Å². The van der Waals surface area contributed by atoms with Gasteiger partial charge in [0.1, 0.15) is 5.69 Å². The molecule has 33 heavy (non-hydrogen) atoms. The molecule has 6 nitrogen and oxygen atoms in total. The Bertz CT molecular complexity index is 986. The Balaban J connectivity index is 1.47. The molecule has 2 aromatic carbocycles. The van der Waals surface area contributed by atoms with Crippen LogP contribution in [0.15, 0.2) is 65.2 Å². The summed E-state index contributed by atoms with van der Waals surface area (Å²) in [6.45, 7) is 6.34. The summed E-state index contributed by atoms with van der Waals surface area (Å²) in [6, 6.07) is 21.0. The molecule has 1 aliphatic rings. The number of hydrogen-bond acceptors (Lipinski definition) is 6. The summed E-state index contributed by atoms with van der Waals surface area (Å²) < 4.78 is 11.6. The Labute approximate surface area is 196 Å². The number of rotatable bonds is 12. The summed E-state index contributed by atoms with van der Waals surface area (Å²) in [5.74, 6) is 0.796. The van der Waals surface area contributed by atoms with Crippen LogP contribution in [-0.2, 0) is 17.9 Å². The average molecular weight is 450 g/mol. The zero-order valence-electron chi connectivity index (χ0n) is 19.9. The average Bonchev–Trinajstić information content (AvgIpc) is 3.60. The van der Waals surface area contributed by atoms with Crippen LogP contribution in [0.5, 0.6) is 0 Å². The first-order valence-electron chi connectivity index (χ1n) is 11.8. The molecule has 3 aromatic rings. The van der Waals surface area contributed by atoms with Gasteiger partial charge in [0.2, 0.25) is 5.88 Å². The first-order chi connectivity index (χ1) is 16.0. The summed E-state index contributed by atoms with van der Waals surface area (Å²) in [4.78, 5) is 4.48. The van der Waals surface area contributed by atoms with Crippen molar-refractivity contribution < 1.29 is 14.4 Å². The van der Waals surface area contributed by atoms with Crippen molar-refractivity contribution in [1.29, 1.82) is 0 Å². The van der Waals surface area contributed by atoms with Crippen LogP contribution < -0.4 is 4.90 Å². The largest absolute Gasteiger partial charge is 0.389 e. The Hall–Kier alpha value is -2.67. The lowest BCUT2D eigenvalue weighted by molar-refractivity contribution is 0.00707. The molecule has 1 unspecified atom stereocenters. The van der Waals surface area contributed by atoms with Gasteiger partial charge in [-0.1, -0.05) is 65.8 Å². The molecular formula is C27H35N3O3. The van der Waals surface area contributed by atoms with Crippen LogP contribution in [0.4, 0.5) is 5.88 Å². The van der Waals surface area contributed by atoms with Crippen molar-refractivity contribution in [3.8, 4) is 11.3 Å². The van der Waals surface area contributed by atoms with Gasteiger partial charge in [-0.25, -0.2) is 0 Å². The molecule has 0 amide bonds. The topological polar surface area (TPSA) is 62.0 Å². The molecule has 6 heteroatoms. The van der Waals surface area contributed by atoms with E-state index in [4.69, 9.17) is 9.26 Å². The van der Waals surface area contributed by atoms with Gasteiger partial charge in [-0.15, -0.1) is 0 Å². The highest BCUT2D eigenvalue weighted by atomic mass is 16.5. The highest BCUT2D eigenvalue weighted by molar-refractivity contribution is 5.68. The van der Waals surface area contributed by atoms with Crippen molar-refractivity contribution in [2.75, 3.05) is 25.1 Å². The number of aliphatic hydroxyl groups excluding tert-OH is 1. The molecule has 0 spiro atoms. The number of hydrogen-bond donors (Lipinski definition) is 1. The molecule has 1 saturated carbocycles. The van der Waals surface area contributed by atoms with E-state index in [9.17, 15) is 5.11 Å². The van der Waals surface area contributed by atoms with E-state index < -0.39 is 6.10 Å². The normalized spacial score (nSPS) is 14.7. The molecule has 1 N–H and O–H groups in total. The number of nitrogens with zero attached hydrogens (tertiary/aromatic N) is 3. The maximum atomic E-state index is 10.7. The fraction of sp³-hybridized carbons (Fsp3) is 0.444. The molecular weight excluding hydrogens is 414 g/mol. The summed E-state index contributed by atoms with van der Waals surface area (Å²) in [5.41, 5.74) is 4.10. The van der Waals surface area contributed by atoms with Crippen molar-refractivity contribution in [1.82, 2.24) is 10.1 Å². The zero-order chi connectivity index (χ0) is 23.2. The van der Waals surface area contributed by atoms with Crippen LogP contribution in [0.2, 0.25) is 0 Å². The lowest BCUT2D eigenvalue weighted by atomic mass is 10.1. The Kier molecular flexibility index (Phi) is 7.81. The third-order valence-corrected chi connectivity index (χ3v) is 6.20. The number of aromatic nitrogens is 1. The fourth-order valence-electron chi connectivity index (χ4n) is 3.97. The van der Waals surface area contributed by atoms with Crippen molar-refractivity contribution in [2.45, 2.75) is 58.0 Å². The molecule has 1 fully saturated rings. The minimum absolute atomic E-state index is 0.284. The molecule has 0 aliphatic heterocycles. The molecule has 1 heterocycles. The number of aliphatic hydroxyl groups is 1. The van der Waals surface area contributed by atoms with Gasteiger partial charge < -0.3 is 19.3 Å². The summed E-state index contributed by atoms with van der Waals surface area (Å²) >= 11 is 0. The smallest absolute Gasteiger partial charge is 0.232 e. The minimum atomic E-state index is -0.555. The zero-order valence-corrected chi connectivity index (χ0v) is 19.9. The van der Waals surface area contributed by atoms with Gasteiger partial charge >= 0.3 is 0 Å². The van der Waals surface area contributed by atoms with Gasteiger partial charge in [0, 0.05) is 37.8 Å². The molecule has 0 bridgehead atoms. The number of anilines is 1. The van der Waals surface area contributed by atoms with Crippen LogP contribution in [0.25, 0.3) is 11.3 Å². The molecule has 1 aliphatic carbocycles. The highest BCUT2D eigenvalue weighted by Crippen LogP contribution is 2.36. The van der Waals surface area contributed by atoms with E-state index in [2.05, 4.69) is 40.9 Å². The van der Waals surface area contributed by atoms with Crippen LogP contribution in [0, 0.1) is 0 Å². The van der Waals surface area contributed by atoms with E-state index >= 15 is 0 Å². The fourth-order valence-corrected chi connectivity index (χ4v) is 3.97. The molecule has 0 radical (unpaired) electrons. The van der Waals surface area contributed by atoms with Crippen molar-refractivity contribution >= 4 is 5.88 Å². The second kappa shape index (κ2) is 11.0. The van der Waals surface area contributed by atoms with E-state index in [-0.39, 0.29) is 6.04 Å². The molecule has 1 atom stereocenters. The van der Waals surface area contributed by atoms with Crippen LogP contribution in [-0.4, -0.2) is 53.6 Å². The number of benzene rings is 2. The lowest BCUT2D eigenvalue weighted by Gasteiger charge is -2.27. The second-order valence-corrected chi connectivity index (χ2v) is 9.20. The third kappa shape index (κ3) is 6.22. The molecule has 1 aromatic heterocycles. The van der Waals surface area contributed by atoms with Gasteiger partial charge in [0.25, 0.3) is 0 Å². The van der Waals surface area contributed by atoms with Crippen molar-refractivity contribution in [3.05, 3.63) is 71.8 Å². The van der Waals surface area contributed by atoms with Crippen molar-refractivity contribution in [3.63, 3.8) is 0 Å². The maximum Gasteiger partial charge on any atom is 0.232 e. The van der Waals surface area contributed by atoms with E-state index in [1.807, 2.05) is 55.6 Å². The predicted molar refractivity (Wildman–Crippen MR) is 131 cm³/mol. The Morgan fingerprint density at radius 2 is 1.73 bits per heavy atom. The molecule has 0 saturated heterocycles. The predicted octanol–water partition coefficient (Wildman–Crippen LogP) is 4.73. The summed E-state index contributed by atoms with van der Waals surface area (Å²) in [5, 5.41) is 15.2. The quantitative estimate of drug-likeness (QED) is 0.431. The first-order valence-corrected chi connectivity index (χ1v) is 11.8. The van der Waals surface area contributed by atoms with Gasteiger partial charge in [-0.05, 0) is 32.3 Å². The van der Waals surface area contributed by atoms with E-state index in [1.165, 1.54) is 0 Å². The Morgan fingerprint density at radius 3 is 2.36 bits per heavy atom. The monoisotopic (exact) mass is 449 g/mol. The highest BCUT2D eigenvalue weighted by Gasteiger charge is 2.33. The van der Waals surface area contributed by atoms with Gasteiger partial charge in [0.05, 0.1) is 24.9 Å². The second-order valence-electron chi connectivity index (χ2n) is 9.20. The van der Waals surface area contributed by atoms with Gasteiger partial charge in [-0.2, -0.15) is 0 Å². The van der Waals surface area contributed by atoms with Crippen LogP contribution in [0.1, 0.15) is 37.8 Å². The van der Waals surface area contributed by atoms with Gasteiger partial charge in [-0.3, -0.25) is 4.90 Å². The third-order valence-electron chi connectivity index (χ3n) is 6.20. The van der Waals surface area contributed by atoms with Gasteiger partial charge in [0.15, 0.2) is 0 Å².